The maximum Gasteiger partial charge on any atom is 0.184 e. The third kappa shape index (κ3) is 4.03. The highest BCUT2D eigenvalue weighted by Crippen LogP contribution is 2.32. The van der Waals surface area contributed by atoms with Crippen LogP contribution in [-0.2, 0) is 0 Å². The smallest absolute Gasteiger partial charge is 0.184 e. The zero-order valence-electron chi connectivity index (χ0n) is 15.7. The molecule has 0 aliphatic carbocycles. The van der Waals surface area contributed by atoms with E-state index in [0.29, 0.717) is 42.1 Å². The van der Waals surface area contributed by atoms with Gasteiger partial charge in [0.2, 0.25) is 0 Å². The van der Waals surface area contributed by atoms with Crippen LogP contribution in [0.2, 0.25) is 0 Å². The van der Waals surface area contributed by atoms with E-state index in [-0.39, 0.29) is 0 Å². The molecule has 3 N–H and O–H groups in total. The predicted octanol–water partition coefficient (Wildman–Crippen LogP) is 3.33. The molecule has 0 radical (unpaired) electrons. The van der Waals surface area contributed by atoms with Crippen molar-refractivity contribution in [3.8, 4) is 28.6 Å². The summed E-state index contributed by atoms with van der Waals surface area (Å²) in [5.74, 6) is 3.16. The number of aromatic nitrogens is 3. The molecule has 1 heterocycles. The van der Waals surface area contributed by atoms with Gasteiger partial charge in [-0.25, -0.2) is 4.98 Å². The average molecular weight is 368 g/mol. The first-order chi connectivity index (χ1) is 13.2. The molecule has 3 rings (SSSR count). The van der Waals surface area contributed by atoms with Crippen LogP contribution in [0, 0.1) is 0 Å². The highest BCUT2D eigenvalue weighted by atomic mass is 16.5. The predicted molar refractivity (Wildman–Crippen MR) is 103 cm³/mol. The largest absolute Gasteiger partial charge is 0.496 e. The Balaban J connectivity index is 1.89. The van der Waals surface area contributed by atoms with Crippen LogP contribution in [0.3, 0.4) is 0 Å². The summed E-state index contributed by atoms with van der Waals surface area (Å²) in [5.41, 5.74) is 8.06. The molecule has 0 fully saturated rings. The third-order valence-corrected chi connectivity index (χ3v) is 4.07. The molecule has 0 aliphatic rings. The van der Waals surface area contributed by atoms with Crippen molar-refractivity contribution in [1.82, 2.24) is 15.2 Å². The van der Waals surface area contributed by atoms with Crippen molar-refractivity contribution in [2.75, 3.05) is 20.3 Å². The molecule has 7 heteroatoms. The van der Waals surface area contributed by atoms with E-state index in [1.165, 1.54) is 0 Å². The lowest BCUT2D eigenvalue weighted by molar-refractivity contribution is 0.287. The van der Waals surface area contributed by atoms with Crippen LogP contribution < -0.4 is 19.9 Å². The summed E-state index contributed by atoms with van der Waals surface area (Å²) < 4.78 is 16.7. The number of H-pyrrole nitrogens is 1. The Labute approximate surface area is 158 Å². The van der Waals surface area contributed by atoms with E-state index in [1.54, 1.807) is 7.11 Å². The third-order valence-electron chi connectivity index (χ3n) is 4.07. The minimum atomic E-state index is -0.476. The number of nitrogens with zero attached hydrogens (tertiary/aromatic N) is 2. The Kier molecular flexibility index (Phi) is 5.93. The van der Waals surface area contributed by atoms with E-state index in [2.05, 4.69) is 15.2 Å². The van der Waals surface area contributed by atoms with Gasteiger partial charge in [-0.15, -0.1) is 0 Å². The minimum Gasteiger partial charge on any atom is -0.496 e. The van der Waals surface area contributed by atoms with E-state index >= 15 is 0 Å². The highest BCUT2D eigenvalue weighted by molar-refractivity contribution is 5.63. The summed E-state index contributed by atoms with van der Waals surface area (Å²) in [6.45, 7) is 4.97. The summed E-state index contributed by atoms with van der Waals surface area (Å²) in [4.78, 5) is 4.56. The first-order valence-corrected chi connectivity index (χ1v) is 8.88. The lowest BCUT2D eigenvalue weighted by Crippen LogP contribution is -2.14. The van der Waals surface area contributed by atoms with Crippen molar-refractivity contribution in [2.45, 2.75) is 19.9 Å². The Morgan fingerprint density at radius 2 is 1.74 bits per heavy atom. The van der Waals surface area contributed by atoms with Crippen molar-refractivity contribution < 1.29 is 14.2 Å². The molecule has 0 saturated heterocycles. The number of hydrogen-bond acceptors (Lipinski definition) is 6. The molecule has 3 aromatic rings. The Hall–Kier alpha value is -3.06. The number of para-hydroxylation sites is 1. The second-order valence-electron chi connectivity index (χ2n) is 5.79. The van der Waals surface area contributed by atoms with Crippen LogP contribution in [0.15, 0.2) is 42.5 Å². The second kappa shape index (κ2) is 8.55. The molecular weight excluding hydrogens is 344 g/mol. The second-order valence-corrected chi connectivity index (χ2v) is 5.79. The SMILES string of the molecule is CCOc1ccc([C@@H](N)c2nc(-c3ccccc3OC)n[nH]2)cc1OCC. The van der Waals surface area contributed by atoms with Gasteiger partial charge in [0.05, 0.1) is 31.9 Å². The van der Waals surface area contributed by atoms with Crippen molar-refractivity contribution in [3.63, 3.8) is 0 Å². The Morgan fingerprint density at radius 1 is 1.00 bits per heavy atom. The van der Waals surface area contributed by atoms with Gasteiger partial charge in [0.15, 0.2) is 17.3 Å². The van der Waals surface area contributed by atoms with Gasteiger partial charge < -0.3 is 19.9 Å². The summed E-state index contributed by atoms with van der Waals surface area (Å²) in [6, 6.07) is 12.8. The molecule has 0 bridgehead atoms. The normalized spacial score (nSPS) is 11.9. The van der Waals surface area contributed by atoms with Gasteiger partial charge in [0.25, 0.3) is 0 Å². The summed E-state index contributed by atoms with van der Waals surface area (Å²) in [6.07, 6.45) is 0. The molecule has 2 aromatic carbocycles. The summed E-state index contributed by atoms with van der Waals surface area (Å²) in [7, 11) is 1.62. The van der Waals surface area contributed by atoms with Gasteiger partial charge in [-0.1, -0.05) is 18.2 Å². The molecule has 27 heavy (non-hydrogen) atoms. The van der Waals surface area contributed by atoms with Gasteiger partial charge in [-0.2, -0.15) is 5.10 Å². The maximum absolute atomic E-state index is 6.41. The molecule has 0 unspecified atom stereocenters. The average Bonchev–Trinajstić information content (AvgIpc) is 3.19. The van der Waals surface area contributed by atoms with Gasteiger partial charge in [0, 0.05) is 0 Å². The summed E-state index contributed by atoms with van der Waals surface area (Å²) >= 11 is 0. The van der Waals surface area contributed by atoms with Gasteiger partial charge in [-0.3, -0.25) is 5.10 Å². The Bertz CT molecular complexity index is 894. The van der Waals surface area contributed by atoms with Gasteiger partial charge >= 0.3 is 0 Å². The lowest BCUT2D eigenvalue weighted by atomic mass is 10.1. The minimum absolute atomic E-state index is 0.476. The lowest BCUT2D eigenvalue weighted by Gasteiger charge is -2.14. The van der Waals surface area contributed by atoms with E-state index in [4.69, 9.17) is 19.9 Å². The Morgan fingerprint density at radius 3 is 2.48 bits per heavy atom. The quantitative estimate of drug-likeness (QED) is 0.633. The number of rotatable bonds is 8. The van der Waals surface area contributed by atoms with Crippen LogP contribution in [-0.4, -0.2) is 35.5 Å². The molecule has 0 saturated carbocycles. The number of nitrogens with one attached hydrogen (secondary N) is 1. The molecule has 1 aromatic heterocycles. The van der Waals surface area contributed by atoms with E-state index in [9.17, 15) is 0 Å². The number of methoxy groups -OCH3 is 1. The number of benzene rings is 2. The van der Waals surface area contributed by atoms with Crippen LogP contribution in [0.1, 0.15) is 31.3 Å². The van der Waals surface area contributed by atoms with E-state index in [1.807, 2.05) is 56.3 Å². The summed E-state index contributed by atoms with van der Waals surface area (Å²) in [5, 5.41) is 7.23. The molecule has 142 valence electrons. The fourth-order valence-corrected chi connectivity index (χ4v) is 2.78. The number of aromatic amines is 1. The first-order valence-electron chi connectivity index (χ1n) is 8.88. The zero-order chi connectivity index (χ0) is 19.2. The van der Waals surface area contributed by atoms with E-state index in [0.717, 1.165) is 11.1 Å². The maximum atomic E-state index is 6.41. The van der Waals surface area contributed by atoms with E-state index < -0.39 is 6.04 Å². The van der Waals surface area contributed by atoms with Crippen LogP contribution in [0.5, 0.6) is 17.2 Å². The fraction of sp³-hybridized carbons (Fsp3) is 0.300. The molecule has 0 aliphatic heterocycles. The fourth-order valence-electron chi connectivity index (χ4n) is 2.78. The number of nitrogens with two attached hydrogens (primary N) is 1. The zero-order valence-corrected chi connectivity index (χ0v) is 15.7. The first kappa shape index (κ1) is 18.7. The van der Waals surface area contributed by atoms with Crippen LogP contribution in [0.25, 0.3) is 11.4 Å². The van der Waals surface area contributed by atoms with Gasteiger partial charge in [-0.05, 0) is 43.7 Å². The molecule has 0 amide bonds. The van der Waals surface area contributed by atoms with Crippen LogP contribution >= 0.6 is 0 Å². The van der Waals surface area contributed by atoms with Crippen molar-refractivity contribution in [3.05, 3.63) is 53.9 Å². The topological polar surface area (TPSA) is 95.3 Å². The number of ether oxygens (including phenoxy) is 3. The molecule has 0 spiro atoms. The monoisotopic (exact) mass is 368 g/mol. The molecule has 7 nitrogen and oxygen atoms in total. The highest BCUT2D eigenvalue weighted by Gasteiger charge is 2.18. The molecule has 1 atom stereocenters. The number of hydrogen-bond donors (Lipinski definition) is 2. The van der Waals surface area contributed by atoms with Gasteiger partial charge in [0.1, 0.15) is 11.6 Å². The standard InChI is InChI=1S/C20H24N4O3/c1-4-26-16-11-10-13(12-17(16)27-5-2)18(21)20-22-19(23-24-20)14-8-6-7-9-15(14)25-3/h6-12,18H,4-5,21H2,1-3H3,(H,22,23,24)/t18-/m1/s1. The molecular formula is C20H24N4O3. The van der Waals surface area contributed by atoms with Crippen molar-refractivity contribution in [1.29, 1.82) is 0 Å². The van der Waals surface area contributed by atoms with Crippen LogP contribution in [0.4, 0.5) is 0 Å². The van der Waals surface area contributed by atoms with Crippen molar-refractivity contribution in [2.24, 2.45) is 5.73 Å². The van der Waals surface area contributed by atoms with Crippen molar-refractivity contribution >= 4 is 0 Å².